The summed E-state index contributed by atoms with van der Waals surface area (Å²) in [6.07, 6.45) is 5.37. The second kappa shape index (κ2) is 7.09. The Labute approximate surface area is 90.8 Å². The molecule has 0 aromatic carbocycles. The van der Waals surface area contributed by atoms with E-state index in [0.717, 1.165) is 11.8 Å². The molecule has 0 N–H and O–H groups in total. The first kappa shape index (κ1) is 13.7. The van der Waals surface area contributed by atoms with E-state index in [4.69, 9.17) is 0 Å². The third-order valence-electron chi connectivity index (χ3n) is 3.37. The summed E-state index contributed by atoms with van der Waals surface area (Å²) >= 11 is 0. The van der Waals surface area contributed by atoms with Gasteiger partial charge in [-0.25, -0.2) is 0 Å². The second-order valence-corrected chi connectivity index (χ2v) is 5.17. The lowest BCUT2D eigenvalue weighted by atomic mass is 9.90. The van der Waals surface area contributed by atoms with Gasteiger partial charge < -0.3 is 0 Å². The Bertz CT molecular complexity index is 172. The Morgan fingerprint density at radius 2 is 1.57 bits per heavy atom. The molecule has 0 spiro atoms. The molecule has 0 aliphatic rings. The first-order chi connectivity index (χ1) is 6.47. The molecule has 0 radical (unpaired) electrons. The van der Waals surface area contributed by atoms with Crippen molar-refractivity contribution in [3.05, 3.63) is 11.1 Å². The summed E-state index contributed by atoms with van der Waals surface area (Å²) in [6.45, 7) is 13.8. The highest BCUT2D eigenvalue weighted by Gasteiger charge is 2.07. The van der Waals surface area contributed by atoms with Gasteiger partial charge in [0.25, 0.3) is 0 Å². The number of rotatable bonds is 6. The van der Waals surface area contributed by atoms with Gasteiger partial charge in [-0.15, -0.1) is 0 Å². The zero-order valence-electron chi connectivity index (χ0n) is 11.0. The van der Waals surface area contributed by atoms with Gasteiger partial charge in [-0.05, 0) is 51.9 Å². The van der Waals surface area contributed by atoms with Crippen LogP contribution in [0.5, 0.6) is 0 Å². The fourth-order valence-electron chi connectivity index (χ4n) is 1.68. The lowest BCUT2D eigenvalue weighted by molar-refractivity contribution is 0.387. The number of allylic oxidation sites excluding steroid dienone is 2. The van der Waals surface area contributed by atoms with Gasteiger partial charge in [0.1, 0.15) is 0 Å². The standard InChI is InChI=1S/C14H28/c1-7-12(4)10-13(5)8-9-14(6)11(2)3/h12-13H,7-10H2,1-6H3. The van der Waals surface area contributed by atoms with E-state index in [2.05, 4.69) is 41.5 Å². The van der Waals surface area contributed by atoms with Crippen LogP contribution >= 0.6 is 0 Å². The molecule has 0 rings (SSSR count). The summed E-state index contributed by atoms with van der Waals surface area (Å²) < 4.78 is 0. The fourth-order valence-corrected chi connectivity index (χ4v) is 1.68. The monoisotopic (exact) mass is 196 g/mol. The summed E-state index contributed by atoms with van der Waals surface area (Å²) in [6, 6.07) is 0. The Hall–Kier alpha value is -0.260. The minimum Gasteiger partial charge on any atom is -0.0775 e. The van der Waals surface area contributed by atoms with Gasteiger partial charge in [-0.1, -0.05) is 38.3 Å². The van der Waals surface area contributed by atoms with Gasteiger partial charge in [-0.3, -0.25) is 0 Å². The van der Waals surface area contributed by atoms with Gasteiger partial charge in [0, 0.05) is 0 Å². The van der Waals surface area contributed by atoms with Crippen molar-refractivity contribution in [1.29, 1.82) is 0 Å². The molecule has 84 valence electrons. The molecular weight excluding hydrogens is 168 g/mol. The third kappa shape index (κ3) is 6.23. The minimum atomic E-state index is 0.888. The average Bonchev–Trinajstić information content (AvgIpc) is 2.13. The molecule has 0 aliphatic heterocycles. The van der Waals surface area contributed by atoms with E-state index < -0.39 is 0 Å². The van der Waals surface area contributed by atoms with Crippen LogP contribution < -0.4 is 0 Å². The van der Waals surface area contributed by atoms with Gasteiger partial charge >= 0.3 is 0 Å². The molecule has 0 saturated carbocycles. The highest BCUT2D eigenvalue weighted by molar-refractivity contribution is 5.06. The largest absolute Gasteiger partial charge is 0.0775 e. The molecule has 0 saturated heterocycles. The summed E-state index contributed by atoms with van der Waals surface area (Å²) in [5.74, 6) is 1.79. The lowest BCUT2D eigenvalue weighted by Gasteiger charge is -2.16. The van der Waals surface area contributed by atoms with Crippen molar-refractivity contribution >= 4 is 0 Å². The molecule has 2 unspecified atom stereocenters. The van der Waals surface area contributed by atoms with Gasteiger partial charge in [0.2, 0.25) is 0 Å². The van der Waals surface area contributed by atoms with Crippen LogP contribution in [-0.2, 0) is 0 Å². The first-order valence-corrected chi connectivity index (χ1v) is 6.10. The third-order valence-corrected chi connectivity index (χ3v) is 3.37. The van der Waals surface area contributed by atoms with Crippen molar-refractivity contribution in [2.75, 3.05) is 0 Å². The Morgan fingerprint density at radius 1 is 1.00 bits per heavy atom. The summed E-state index contributed by atoms with van der Waals surface area (Å²) in [5.41, 5.74) is 3.08. The maximum atomic E-state index is 2.39. The SMILES string of the molecule is CCC(C)CC(C)CCC(C)=C(C)C. The van der Waals surface area contributed by atoms with Crippen molar-refractivity contribution in [2.24, 2.45) is 11.8 Å². The van der Waals surface area contributed by atoms with Crippen molar-refractivity contribution in [2.45, 2.75) is 67.2 Å². The molecule has 14 heavy (non-hydrogen) atoms. The predicted octanol–water partition coefficient (Wildman–Crippen LogP) is 5.20. The Kier molecular flexibility index (Phi) is 6.96. The molecule has 0 bridgehead atoms. The van der Waals surface area contributed by atoms with Crippen molar-refractivity contribution in [3.8, 4) is 0 Å². The molecule has 0 nitrogen and oxygen atoms in total. The van der Waals surface area contributed by atoms with Crippen molar-refractivity contribution in [3.63, 3.8) is 0 Å². The molecule has 0 aliphatic carbocycles. The summed E-state index contributed by atoms with van der Waals surface area (Å²) in [4.78, 5) is 0. The summed E-state index contributed by atoms with van der Waals surface area (Å²) in [7, 11) is 0. The van der Waals surface area contributed by atoms with Crippen LogP contribution in [0.4, 0.5) is 0 Å². The highest BCUT2D eigenvalue weighted by atomic mass is 14.1. The molecular formula is C14H28. The number of hydrogen-bond acceptors (Lipinski definition) is 0. The number of hydrogen-bond donors (Lipinski definition) is 0. The minimum absolute atomic E-state index is 0.888. The van der Waals surface area contributed by atoms with Gasteiger partial charge in [0.15, 0.2) is 0 Å². The van der Waals surface area contributed by atoms with Gasteiger partial charge in [-0.2, -0.15) is 0 Å². The topological polar surface area (TPSA) is 0 Å². The maximum Gasteiger partial charge on any atom is -0.0318 e. The lowest BCUT2D eigenvalue weighted by Crippen LogP contribution is -2.02. The van der Waals surface area contributed by atoms with E-state index in [1.165, 1.54) is 31.3 Å². The van der Waals surface area contributed by atoms with E-state index in [1.54, 1.807) is 5.57 Å². The van der Waals surface area contributed by atoms with Crippen molar-refractivity contribution in [1.82, 2.24) is 0 Å². The molecule has 0 fully saturated rings. The summed E-state index contributed by atoms with van der Waals surface area (Å²) in [5, 5.41) is 0. The van der Waals surface area contributed by atoms with Crippen LogP contribution in [0.1, 0.15) is 67.2 Å². The average molecular weight is 196 g/mol. The molecule has 0 heterocycles. The fraction of sp³-hybridized carbons (Fsp3) is 0.857. The molecule has 0 aromatic heterocycles. The van der Waals surface area contributed by atoms with E-state index in [1.807, 2.05) is 0 Å². The van der Waals surface area contributed by atoms with E-state index >= 15 is 0 Å². The Balaban J connectivity index is 3.74. The van der Waals surface area contributed by atoms with Gasteiger partial charge in [0.05, 0.1) is 0 Å². The van der Waals surface area contributed by atoms with E-state index in [0.29, 0.717) is 0 Å². The second-order valence-electron chi connectivity index (χ2n) is 5.17. The highest BCUT2D eigenvalue weighted by Crippen LogP contribution is 2.21. The normalized spacial score (nSPS) is 15.0. The van der Waals surface area contributed by atoms with Crippen LogP contribution in [0.2, 0.25) is 0 Å². The first-order valence-electron chi connectivity index (χ1n) is 6.10. The van der Waals surface area contributed by atoms with Crippen molar-refractivity contribution < 1.29 is 0 Å². The maximum absolute atomic E-state index is 2.39. The molecule has 0 amide bonds. The zero-order valence-corrected chi connectivity index (χ0v) is 11.0. The molecule has 2 atom stereocenters. The smallest absolute Gasteiger partial charge is 0.0318 e. The van der Waals surface area contributed by atoms with E-state index in [-0.39, 0.29) is 0 Å². The molecule has 0 aromatic rings. The van der Waals surface area contributed by atoms with Crippen LogP contribution in [-0.4, -0.2) is 0 Å². The Morgan fingerprint density at radius 3 is 2.00 bits per heavy atom. The molecule has 0 heteroatoms. The van der Waals surface area contributed by atoms with Crippen LogP contribution in [0, 0.1) is 11.8 Å². The van der Waals surface area contributed by atoms with E-state index in [9.17, 15) is 0 Å². The quantitative estimate of drug-likeness (QED) is 0.512. The van der Waals surface area contributed by atoms with Crippen LogP contribution in [0.25, 0.3) is 0 Å². The van der Waals surface area contributed by atoms with Crippen LogP contribution in [0.15, 0.2) is 11.1 Å². The predicted molar refractivity (Wildman–Crippen MR) is 66.5 cm³/mol. The van der Waals surface area contributed by atoms with Crippen LogP contribution in [0.3, 0.4) is 0 Å². The zero-order chi connectivity index (χ0) is 11.1.